The first-order valence-electron chi connectivity index (χ1n) is 8.27. The minimum atomic E-state index is -4.48. The number of ether oxygens (including phenoxy) is 1. The molecule has 0 bridgehead atoms. The molecule has 1 fully saturated rings. The summed E-state index contributed by atoms with van der Waals surface area (Å²) in [5.74, 6) is -0.240. The van der Waals surface area contributed by atoms with E-state index in [1.54, 1.807) is 6.20 Å². The maximum Gasteiger partial charge on any atom is 0.397 e. The van der Waals surface area contributed by atoms with Crippen LogP contribution in [0.25, 0.3) is 10.9 Å². The van der Waals surface area contributed by atoms with E-state index in [9.17, 15) is 18.0 Å². The standard InChI is InChI=1S/C17H20F3N3O2/c1-10-13-9-21-23-14(13)5-6-15(10)25-12-4-2-3-11(7-12)22-16(24)8-17(18,19)20/h5-6,9,11-12H,2-4,7-8H2,1H3,(H,21,23)(H,22,24). The van der Waals surface area contributed by atoms with Crippen LogP contribution in [-0.2, 0) is 4.79 Å². The van der Waals surface area contributed by atoms with E-state index >= 15 is 0 Å². The Morgan fingerprint density at radius 3 is 2.96 bits per heavy atom. The lowest BCUT2D eigenvalue weighted by molar-refractivity contribution is -0.154. The molecule has 5 nitrogen and oxygen atoms in total. The van der Waals surface area contributed by atoms with Gasteiger partial charge in [0.15, 0.2) is 0 Å². The summed E-state index contributed by atoms with van der Waals surface area (Å²) in [5.41, 5.74) is 1.89. The van der Waals surface area contributed by atoms with Gasteiger partial charge in [-0.15, -0.1) is 0 Å². The van der Waals surface area contributed by atoms with Gasteiger partial charge in [0.25, 0.3) is 0 Å². The molecule has 25 heavy (non-hydrogen) atoms. The zero-order valence-corrected chi connectivity index (χ0v) is 13.8. The molecule has 2 N–H and O–H groups in total. The second-order valence-corrected chi connectivity index (χ2v) is 6.48. The highest BCUT2D eigenvalue weighted by atomic mass is 19.4. The van der Waals surface area contributed by atoms with Crippen LogP contribution in [0.2, 0.25) is 0 Å². The van der Waals surface area contributed by atoms with Gasteiger partial charge in [0.05, 0.1) is 11.7 Å². The van der Waals surface area contributed by atoms with Crippen molar-refractivity contribution in [3.05, 3.63) is 23.9 Å². The van der Waals surface area contributed by atoms with E-state index in [0.29, 0.717) is 12.8 Å². The van der Waals surface area contributed by atoms with Gasteiger partial charge in [0.2, 0.25) is 5.91 Å². The average Bonchev–Trinajstić information content (AvgIpc) is 2.98. The Morgan fingerprint density at radius 1 is 1.40 bits per heavy atom. The summed E-state index contributed by atoms with van der Waals surface area (Å²) < 4.78 is 42.9. The second kappa shape index (κ2) is 6.93. The van der Waals surface area contributed by atoms with Crippen LogP contribution in [0.1, 0.15) is 37.7 Å². The summed E-state index contributed by atoms with van der Waals surface area (Å²) in [6, 6.07) is 3.46. The molecule has 1 heterocycles. The average molecular weight is 355 g/mol. The molecule has 1 aromatic carbocycles. The smallest absolute Gasteiger partial charge is 0.397 e. The fraction of sp³-hybridized carbons (Fsp3) is 0.529. The number of aromatic amines is 1. The molecule has 1 aliphatic carbocycles. The zero-order valence-electron chi connectivity index (χ0n) is 13.8. The monoisotopic (exact) mass is 355 g/mol. The first-order valence-corrected chi connectivity index (χ1v) is 8.27. The normalized spacial score (nSPS) is 21.3. The number of aromatic nitrogens is 2. The van der Waals surface area contributed by atoms with Crippen LogP contribution in [0.5, 0.6) is 5.75 Å². The molecule has 0 radical (unpaired) electrons. The number of benzene rings is 1. The summed E-state index contributed by atoms with van der Waals surface area (Å²) in [7, 11) is 0. The topological polar surface area (TPSA) is 67.0 Å². The molecule has 0 spiro atoms. The maximum atomic E-state index is 12.3. The van der Waals surface area contributed by atoms with Crippen LogP contribution in [-0.4, -0.2) is 34.4 Å². The van der Waals surface area contributed by atoms with Crippen LogP contribution in [0.15, 0.2) is 18.3 Å². The van der Waals surface area contributed by atoms with Crippen molar-refractivity contribution in [2.75, 3.05) is 0 Å². The summed E-state index contributed by atoms with van der Waals surface area (Å²) >= 11 is 0. The lowest BCUT2D eigenvalue weighted by Gasteiger charge is -2.30. The van der Waals surface area contributed by atoms with Crippen LogP contribution in [0.4, 0.5) is 13.2 Å². The first-order chi connectivity index (χ1) is 11.8. The highest BCUT2D eigenvalue weighted by Crippen LogP contribution is 2.30. The molecule has 1 saturated carbocycles. The van der Waals surface area contributed by atoms with Crippen molar-refractivity contribution in [1.29, 1.82) is 0 Å². The number of nitrogens with one attached hydrogen (secondary N) is 2. The minimum absolute atomic E-state index is 0.131. The second-order valence-electron chi connectivity index (χ2n) is 6.48. The number of aryl methyl sites for hydroxylation is 1. The zero-order chi connectivity index (χ0) is 18.0. The Kier molecular flexibility index (Phi) is 4.87. The predicted molar refractivity (Wildman–Crippen MR) is 86.3 cm³/mol. The SMILES string of the molecule is Cc1c(OC2CCCC(NC(=O)CC(F)(F)F)C2)ccc2[nH]ncc12. The molecule has 2 aromatic rings. The number of hydrogen-bond acceptors (Lipinski definition) is 3. The molecule has 1 aromatic heterocycles. The van der Waals surface area contributed by atoms with E-state index in [1.165, 1.54) is 0 Å². The van der Waals surface area contributed by atoms with Gasteiger partial charge in [-0.2, -0.15) is 18.3 Å². The number of amides is 1. The van der Waals surface area contributed by atoms with E-state index in [2.05, 4.69) is 15.5 Å². The van der Waals surface area contributed by atoms with Crippen LogP contribution in [0.3, 0.4) is 0 Å². The van der Waals surface area contributed by atoms with Crippen molar-refractivity contribution in [2.24, 2.45) is 0 Å². The molecule has 3 rings (SSSR count). The van der Waals surface area contributed by atoms with Gasteiger partial charge in [0.1, 0.15) is 18.3 Å². The van der Waals surface area contributed by atoms with Gasteiger partial charge in [0, 0.05) is 23.4 Å². The van der Waals surface area contributed by atoms with Crippen molar-refractivity contribution >= 4 is 16.8 Å². The van der Waals surface area contributed by atoms with E-state index < -0.39 is 18.5 Å². The fourth-order valence-corrected chi connectivity index (χ4v) is 3.29. The summed E-state index contributed by atoms with van der Waals surface area (Å²) in [4.78, 5) is 11.5. The fourth-order valence-electron chi connectivity index (χ4n) is 3.29. The summed E-state index contributed by atoms with van der Waals surface area (Å²) in [6.07, 6.45) is -1.53. The largest absolute Gasteiger partial charge is 0.490 e. The van der Waals surface area contributed by atoms with Crippen molar-refractivity contribution < 1.29 is 22.7 Å². The van der Waals surface area contributed by atoms with Gasteiger partial charge in [-0.05, 0) is 38.3 Å². The summed E-state index contributed by atoms with van der Waals surface area (Å²) in [6.45, 7) is 1.94. The minimum Gasteiger partial charge on any atom is -0.490 e. The number of carbonyl (C=O) groups excluding carboxylic acids is 1. The Bertz CT molecular complexity index is 757. The number of alkyl halides is 3. The molecular formula is C17H20F3N3O2. The van der Waals surface area contributed by atoms with Gasteiger partial charge < -0.3 is 10.1 Å². The number of rotatable bonds is 4. The van der Waals surface area contributed by atoms with E-state index in [-0.39, 0.29) is 12.1 Å². The molecule has 0 aliphatic heterocycles. The van der Waals surface area contributed by atoms with Crippen molar-refractivity contribution in [2.45, 2.75) is 57.3 Å². The Hall–Kier alpha value is -2.25. The van der Waals surface area contributed by atoms with Crippen molar-refractivity contribution in [3.8, 4) is 5.75 Å². The predicted octanol–water partition coefficient (Wildman–Crippen LogP) is 3.63. The number of nitrogens with zero attached hydrogens (tertiary/aromatic N) is 1. The lowest BCUT2D eigenvalue weighted by Crippen LogP contribution is -2.42. The van der Waals surface area contributed by atoms with Gasteiger partial charge in [-0.3, -0.25) is 9.89 Å². The maximum absolute atomic E-state index is 12.3. The van der Waals surface area contributed by atoms with Crippen LogP contribution < -0.4 is 10.1 Å². The Labute approximate surface area is 142 Å². The molecular weight excluding hydrogens is 335 g/mol. The number of H-pyrrole nitrogens is 1. The van der Waals surface area contributed by atoms with Gasteiger partial charge >= 0.3 is 6.18 Å². The van der Waals surface area contributed by atoms with Crippen LogP contribution in [0, 0.1) is 6.92 Å². The first kappa shape index (κ1) is 17.6. The summed E-state index contributed by atoms with van der Waals surface area (Å²) in [5, 5.41) is 10.4. The van der Waals surface area contributed by atoms with Crippen LogP contribution >= 0.6 is 0 Å². The molecule has 2 atom stereocenters. The number of hydrogen-bond donors (Lipinski definition) is 2. The van der Waals surface area contributed by atoms with E-state index in [1.807, 2.05) is 19.1 Å². The molecule has 2 unspecified atom stereocenters. The third kappa shape index (κ3) is 4.43. The number of fused-ring (bicyclic) bond motifs is 1. The molecule has 1 aliphatic rings. The Morgan fingerprint density at radius 2 is 2.20 bits per heavy atom. The molecule has 136 valence electrons. The number of carbonyl (C=O) groups is 1. The van der Waals surface area contributed by atoms with E-state index in [4.69, 9.17) is 4.74 Å². The molecule has 1 amide bonds. The third-order valence-corrected chi connectivity index (χ3v) is 4.49. The quantitative estimate of drug-likeness (QED) is 0.880. The van der Waals surface area contributed by atoms with Crippen molar-refractivity contribution in [1.82, 2.24) is 15.5 Å². The molecule has 0 saturated heterocycles. The highest BCUT2D eigenvalue weighted by Gasteiger charge is 2.33. The van der Waals surface area contributed by atoms with Gasteiger partial charge in [-0.1, -0.05) is 0 Å². The highest BCUT2D eigenvalue weighted by molar-refractivity contribution is 5.83. The van der Waals surface area contributed by atoms with Crippen molar-refractivity contribution in [3.63, 3.8) is 0 Å². The third-order valence-electron chi connectivity index (χ3n) is 4.49. The molecule has 8 heteroatoms. The van der Waals surface area contributed by atoms with E-state index in [0.717, 1.165) is 35.1 Å². The van der Waals surface area contributed by atoms with Gasteiger partial charge in [-0.25, -0.2) is 0 Å². The lowest BCUT2D eigenvalue weighted by atomic mass is 9.92. The Balaban J connectivity index is 1.61. The number of halogens is 3.